The Bertz CT molecular complexity index is 663. The van der Waals surface area contributed by atoms with Gasteiger partial charge >= 0.3 is 12.1 Å². The molecule has 0 bridgehead atoms. The minimum Gasteiger partial charge on any atom is -0.492 e. The van der Waals surface area contributed by atoms with E-state index < -0.39 is 30.4 Å². The van der Waals surface area contributed by atoms with Crippen molar-refractivity contribution in [2.45, 2.75) is 6.61 Å². The van der Waals surface area contributed by atoms with Crippen LogP contribution in [0.2, 0.25) is 0 Å². The molecule has 2 rings (SSSR count). The third-order valence-electron chi connectivity index (χ3n) is 2.87. The third-order valence-corrected chi connectivity index (χ3v) is 2.87. The zero-order valence-corrected chi connectivity index (χ0v) is 12.4. The molecule has 0 unspecified atom stereocenters. The van der Waals surface area contributed by atoms with Crippen LogP contribution in [0.4, 0.5) is 4.79 Å². The fraction of sp³-hybridized carbons (Fsp3) is 0.200. The van der Waals surface area contributed by atoms with Gasteiger partial charge in [0.25, 0.3) is 0 Å². The standard InChI is InChI=1S/C15H16N2O6/c1-16(15(21)22-10-11-5-3-2-4-6-11)9-14(20)23-17-12(18)7-8-13(17)19/h2-8,18-19H,9-10H2,1H3. The van der Waals surface area contributed by atoms with Crippen molar-refractivity contribution in [1.29, 1.82) is 0 Å². The van der Waals surface area contributed by atoms with Gasteiger partial charge in [0.05, 0.1) is 0 Å². The van der Waals surface area contributed by atoms with Crippen LogP contribution in [0.1, 0.15) is 5.56 Å². The number of ether oxygens (including phenoxy) is 1. The summed E-state index contributed by atoms with van der Waals surface area (Å²) in [4.78, 5) is 29.2. The molecule has 0 aliphatic carbocycles. The van der Waals surface area contributed by atoms with E-state index in [4.69, 9.17) is 9.57 Å². The van der Waals surface area contributed by atoms with Crippen molar-refractivity contribution in [3.8, 4) is 11.8 Å². The van der Waals surface area contributed by atoms with Crippen LogP contribution in [-0.2, 0) is 16.1 Å². The normalized spacial score (nSPS) is 10.1. The minimum absolute atomic E-state index is 0.0816. The molecule has 0 aliphatic heterocycles. The van der Waals surface area contributed by atoms with Gasteiger partial charge in [0.15, 0.2) is 0 Å². The predicted octanol–water partition coefficient (Wildman–Crippen LogP) is 1.12. The lowest BCUT2D eigenvalue weighted by Gasteiger charge is -2.16. The lowest BCUT2D eigenvalue weighted by atomic mass is 10.2. The van der Waals surface area contributed by atoms with Crippen LogP contribution in [0.5, 0.6) is 11.8 Å². The van der Waals surface area contributed by atoms with Crippen molar-refractivity contribution in [2.24, 2.45) is 0 Å². The Morgan fingerprint density at radius 3 is 2.30 bits per heavy atom. The summed E-state index contributed by atoms with van der Waals surface area (Å²) in [5.74, 6) is -1.73. The van der Waals surface area contributed by atoms with Crippen molar-refractivity contribution in [3.63, 3.8) is 0 Å². The first-order valence-corrected chi connectivity index (χ1v) is 6.70. The summed E-state index contributed by atoms with van der Waals surface area (Å²) in [5, 5.41) is 18.7. The van der Waals surface area contributed by atoms with Crippen LogP contribution in [0.15, 0.2) is 42.5 Å². The Balaban J connectivity index is 1.82. The third kappa shape index (κ3) is 4.40. The molecule has 0 spiro atoms. The van der Waals surface area contributed by atoms with Gasteiger partial charge in [0, 0.05) is 19.2 Å². The van der Waals surface area contributed by atoms with Crippen molar-refractivity contribution in [1.82, 2.24) is 9.63 Å². The zero-order chi connectivity index (χ0) is 16.8. The van der Waals surface area contributed by atoms with Gasteiger partial charge in [-0.3, -0.25) is 0 Å². The second-order valence-electron chi connectivity index (χ2n) is 4.70. The lowest BCUT2D eigenvalue weighted by molar-refractivity contribution is -0.146. The number of benzene rings is 1. The molecule has 1 amide bonds. The van der Waals surface area contributed by atoms with Crippen LogP contribution in [0, 0.1) is 0 Å². The molecule has 122 valence electrons. The van der Waals surface area contributed by atoms with Gasteiger partial charge in [-0.2, -0.15) is 0 Å². The predicted molar refractivity (Wildman–Crippen MR) is 78.6 cm³/mol. The van der Waals surface area contributed by atoms with Gasteiger partial charge in [0.1, 0.15) is 13.2 Å². The number of rotatable bonds is 5. The highest BCUT2D eigenvalue weighted by Gasteiger charge is 2.18. The van der Waals surface area contributed by atoms with E-state index in [0.717, 1.165) is 22.6 Å². The number of aromatic nitrogens is 1. The van der Waals surface area contributed by atoms with Crippen LogP contribution in [0.3, 0.4) is 0 Å². The summed E-state index contributed by atoms with van der Waals surface area (Å²) in [5.41, 5.74) is 0.819. The largest absolute Gasteiger partial charge is 0.492 e. The SMILES string of the molecule is CN(CC(=O)On1c(O)ccc1O)C(=O)OCc1ccccc1. The number of likely N-dealkylation sites (N-methyl/N-ethyl adjacent to an activating group) is 1. The molecule has 1 aromatic heterocycles. The summed E-state index contributed by atoms with van der Waals surface area (Å²) >= 11 is 0. The number of carbonyl (C=O) groups is 2. The number of amides is 1. The average molecular weight is 320 g/mol. The Labute approximate surface area is 132 Å². The molecule has 0 saturated heterocycles. The highest BCUT2D eigenvalue weighted by Crippen LogP contribution is 2.18. The molecule has 8 nitrogen and oxygen atoms in total. The van der Waals surface area contributed by atoms with E-state index in [2.05, 4.69) is 0 Å². The number of nitrogens with zero attached hydrogens (tertiary/aromatic N) is 2. The Kier molecular flexibility index (Phi) is 5.08. The molecule has 0 atom stereocenters. The number of carbonyl (C=O) groups excluding carboxylic acids is 2. The Morgan fingerprint density at radius 2 is 1.70 bits per heavy atom. The monoisotopic (exact) mass is 320 g/mol. The van der Waals surface area contributed by atoms with Gasteiger partial charge in [-0.1, -0.05) is 30.3 Å². The van der Waals surface area contributed by atoms with Crippen molar-refractivity contribution in [2.75, 3.05) is 13.6 Å². The quantitative estimate of drug-likeness (QED) is 0.856. The average Bonchev–Trinajstić information content (AvgIpc) is 2.85. The summed E-state index contributed by atoms with van der Waals surface area (Å²) in [6.45, 7) is -0.330. The summed E-state index contributed by atoms with van der Waals surface area (Å²) in [6, 6.07) is 11.4. The van der Waals surface area contributed by atoms with Gasteiger partial charge in [0.2, 0.25) is 11.8 Å². The molecule has 1 aromatic carbocycles. The molecular weight excluding hydrogens is 304 g/mol. The van der Waals surface area contributed by atoms with E-state index in [1.807, 2.05) is 18.2 Å². The van der Waals surface area contributed by atoms with Crippen LogP contribution < -0.4 is 4.84 Å². The lowest BCUT2D eigenvalue weighted by Crippen LogP contribution is -2.36. The molecular formula is C15H16N2O6. The fourth-order valence-electron chi connectivity index (χ4n) is 1.71. The minimum atomic E-state index is -0.856. The van der Waals surface area contributed by atoms with Gasteiger partial charge in [-0.15, -0.1) is 4.73 Å². The van der Waals surface area contributed by atoms with Crippen molar-refractivity contribution in [3.05, 3.63) is 48.0 Å². The molecule has 0 aliphatic rings. The van der Waals surface area contributed by atoms with Crippen molar-refractivity contribution >= 4 is 12.1 Å². The maximum atomic E-state index is 11.8. The van der Waals surface area contributed by atoms with Gasteiger partial charge < -0.3 is 24.7 Å². The van der Waals surface area contributed by atoms with E-state index in [1.165, 1.54) is 7.05 Å². The van der Waals surface area contributed by atoms with E-state index in [9.17, 15) is 19.8 Å². The topological polar surface area (TPSA) is 101 Å². The smallest absolute Gasteiger partial charge is 0.410 e. The first-order valence-electron chi connectivity index (χ1n) is 6.70. The Morgan fingerprint density at radius 1 is 1.09 bits per heavy atom. The fourth-order valence-corrected chi connectivity index (χ4v) is 1.71. The molecule has 1 heterocycles. The summed E-state index contributed by atoms with van der Waals surface area (Å²) in [7, 11) is 1.37. The number of hydrogen-bond acceptors (Lipinski definition) is 6. The summed E-state index contributed by atoms with van der Waals surface area (Å²) < 4.78 is 5.59. The highest BCUT2D eigenvalue weighted by atomic mass is 16.7. The van der Waals surface area contributed by atoms with Crippen LogP contribution in [-0.4, -0.2) is 45.5 Å². The van der Waals surface area contributed by atoms with Crippen LogP contribution >= 0.6 is 0 Å². The molecule has 2 aromatic rings. The van der Waals surface area contributed by atoms with E-state index in [1.54, 1.807) is 12.1 Å². The van der Waals surface area contributed by atoms with E-state index in [-0.39, 0.29) is 6.61 Å². The zero-order valence-electron chi connectivity index (χ0n) is 12.4. The maximum absolute atomic E-state index is 11.8. The molecule has 0 saturated carbocycles. The number of hydrogen-bond donors (Lipinski definition) is 2. The Hall–Kier alpha value is -3.16. The summed E-state index contributed by atoms with van der Waals surface area (Å²) in [6.07, 6.45) is -0.702. The van der Waals surface area contributed by atoms with E-state index in [0.29, 0.717) is 4.73 Å². The van der Waals surface area contributed by atoms with Gasteiger partial charge in [-0.05, 0) is 5.56 Å². The molecule has 23 heavy (non-hydrogen) atoms. The first kappa shape index (κ1) is 16.2. The maximum Gasteiger partial charge on any atom is 0.410 e. The second kappa shape index (κ2) is 7.21. The van der Waals surface area contributed by atoms with Crippen molar-refractivity contribution < 1.29 is 29.4 Å². The van der Waals surface area contributed by atoms with E-state index >= 15 is 0 Å². The molecule has 2 N–H and O–H groups in total. The highest BCUT2D eigenvalue weighted by molar-refractivity contribution is 5.78. The van der Waals surface area contributed by atoms with Crippen LogP contribution in [0.25, 0.3) is 0 Å². The molecule has 0 fully saturated rings. The van der Waals surface area contributed by atoms with Gasteiger partial charge in [-0.25, -0.2) is 9.59 Å². The molecule has 0 radical (unpaired) electrons. The number of aromatic hydroxyl groups is 2. The first-order chi connectivity index (χ1) is 11.0. The molecule has 8 heteroatoms. The second-order valence-corrected chi connectivity index (χ2v) is 4.70.